The van der Waals surface area contributed by atoms with Gasteiger partial charge in [0.15, 0.2) is 0 Å². The third-order valence-corrected chi connectivity index (χ3v) is 6.32. The fourth-order valence-corrected chi connectivity index (χ4v) is 4.61. The van der Waals surface area contributed by atoms with Crippen LogP contribution in [0.5, 0.6) is 0 Å². The van der Waals surface area contributed by atoms with Gasteiger partial charge in [0.05, 0.1) is 4.88 Å². The van der Waals surface area contributed by atoms with E-state index in [4.69, 9.17) is 0 Å². The molecule has 1 amide bonds. The third-order valence-electron chi connectivity index (χ3n) is 5.41. The van der Waals surface area contributed by atoms with E-state index < -0.39 is 0 Å². The van der Waals surface area contributed by atoms with Crippen LogP contribution in [0.2, 0.25) is 0 Å². The minimum Gasteiger partial charge on any atom is -0.347 e. The number of thiophene rings is 1. The van der Waals surface area contributed by atoms with Crippen LogP contribution in [0.15, 0.2) is 66.0 Å². The Kier molecular flexibility index (Phi) is 5.55. The minimum absolute atomic E-state index is 0.0476. The van der Waals surface area contributed by atoms with E-state index in [1.807, 2.05) is 17.5 Å². The molecule has 3 aromatic rings. The Bertz CT molecular complexity index is 939. The number of benzene rings is 2. The quantitative estimate of drug-likeness (QED) is 0.651. The highest BCUT2D eigenvalue weighted by Crippen LogP contribution is 2.29. The summed E-state index contributed by atoms with van der Waals surface area (Å²) >= 11 is 1.42. The van der Waals surface area contributed by atoms with E-state index in [0.717, 1.165) is 30.6 Å². The van der Waals surface area contributed by atoms with Gasteiger partial charge in [-0.15, -0.1) is 11.3 Å². The van der Waals surface area contributed by atoms with Crippen molar-refractivity contribution in [2.45, 2.75) is 25.4 Å². The van der Waals surface area contributed by atoms with Crippen molar-refractivity contribution in [3.8, 4) is 11.1 Å². The Labute approximate surface area is 168 Å². The van der Waals surface area contributed by atoms with Crippen LogP contribution in [-0.2, 0) is 0 Å². The Morgan fingerprint density at radius 3 is 2.64 bits per heavy atom. The monoisotopic (exact) mass is 394 g/mol. The highest BCUT2D eigenvalue weighted by molar-refractivity contribution is 7.12. The molecule has 1 aliphatic heterocycles. The van der Waals surface area contributed by atoms with E-state index in [1.54, 1.807) is 12.1 Å². The molecule has 3 nitrogen and oxygen atoms in total. The van der Waals surface area contributed by atoms with Gasteiger partial charge in [0, 0.05) is 30.7 Å². The van der Waals surface area contributed by atoms with Gasteiger partial charge in [-0.05, 0) is 48.1 Å². The number of likely N-dealkylation sites (tertiary alicyclic amines) is 1. The summed E-state index contributed by atoms with van der Waals surface area (Å²) in [6, 6.07) is 19.1. The van der Waals surface area contributed by atoms with Gasteiger partial charge in [-0.1, -0.05) is 42.5 Å². The maximum absolute atomic E-state index is 13.2. The van der Waals surface area contributed by atoms with Crippen molar-refractivity contribution in [2.24, 2.45) is 0 Å². The molecule has 4 rings (SSSR count). The van der Waals surface area contributed by atoms with Crippen LogP contribution in [0.3, 0.4) is 0 Å². The molecule has 0 radical (unpaired) electrons. The van der Waals surface area contributed by atoms with Gasteiger partial charge in [-0.25, -0.2) is 4.39 Å². The number of amides is 1. The molecule has 0 saturated carbocycles. The largest absolute Gasteiger partial charge is 0.347 e. The highest BCUT2D eigenvalue weighted by atomic mass is 32.1. The number of hydrogen-bond donors (Lipinski definition) is 1. The predicted octanol–water partition coefficient (Wildman–Crippen LogP) is 5.12. The smallest absolute Gasteiger partial charge is 0.262 e. The molecule has 2 heterocycles. The molecule has 5 heteroatoms. The normalized spacial score (nSPS) is 18.1. The number of nitrogens with one attached hydrogen (secondary N) is 1. The number of nitrogens with zero attached hydrogens (tertiary/aromatic N) is 1. The van der Waals surface area contributed by atoms with Crippen LogP contribution in [0.1, 0.15) is 34.6 Å². The van der Waals surface area contributed by atoms with Gasteiger partial charge in [0.1, 0.15) is 5.82 Å². The summed E-state index contributed by atoms with van der Waals surface area (Å²) < 4.78 is 13.2. The molecule has 1 N–H and O–H groups in total. The van der Waals surface area contributed by atoms with Crippen molar-refractivity contribution >= 4 is 17.2 Å². The number of carbonyl (C=O) groups is 1. The summed E-state index contributed by atoms with van der Waals surface area (Å²) in [4.78, 5) is 16.0. The van der Waals surface area contributed by atoms with Crippen LogP contribution in [0, 0.1) is 5.82 Å². The Morgan fingerprint density at radius 2 is 1.89 bits per heavy atom. The average molecular weight is 395 g/mol. The summed E-state index contributed by atoms with van der Waals surface area (Å²) in [7, 11) is 0. The number of rotatable bonds is 5. The second-order valence-electron chi connectivity index (χ2n) is 7.21. The average Bonchev–Trinajstić information content (AvgIpc) is 3.38. The molecular formula is C23H23FN2OS. The van der Waals surface area contributed by atoms with Crippen LogP contribution in [0.25, 0.3) is 11.1 Å². The zero-order valence-electron chi connectivity index (χ0n) is 15.8. The maximum Gasteiger partial charge on any atom is 0.262 e. The number of carbonyl (C=O) groups excluding carboxylic acids is 1. The predicted molar refractivity (Wildman–Crippen MR) is 112 cm³/mol. The van der Waals surface area contributed by atoms with Crippen molar-refractivity contribution in [3.05, 3.63) is 82.3 Å². The second-order valence-corrected chi connectivity index (χ2v) is 8.13. The summed E-state index contributed by atoms with van der Waals surface area (Å²) in [6.07, 6.45) is 0.945. The molecule has 0 unspecified atom stereocenters. The summed E-state index contributed by atoms with van der Waals surface area (Å²) in [5, 5.41) is 5.10. The van der Waals surface area contributed by atoms with Gasteiger partial charge in [0.2, 0.25) is 0 Å². The van der Waals surface area contributed by atoms with Gasteiger partial charge in [-0.2, -0.15) is 0 Å². The second kappa shape index (κ2) is 8.25. The standard InChI is InChI=1S/C23H23FN2OS/c1-16(17-5-3-2-4-6-17)26-13-11-20(15-26)25-23(27)22-21(12-14-28-22)18-7-9-19(24)10-8-18/h2-10,12,14,16,20H,11,13,15H2,1H3,(H,25,27)/t16-,20-/m0/s1. The van der Waals surface area contributed by atoms with Crippen LogP contribution >= 0.6 is 11.3 Å². The molecule has 0 spiro atoms. The highest BCUT2D eigenvalue weighted by Gasteiger charge is 2.28. The molecule has 2 atom stereocenters. The lowest BCUT2D eigenvalue weighted by Crippen LogP contribution is -2.37. The van der Waals surface area contributed by atoms with E-state index >= 15 is 0 Å². The zero-order valence-corrected chi connectivity index (χ0v) is 16.6. The molecule has 0 bridgehead atoms. The molecule has 1 aliphatic rings. The lowest BCUT2D eigenvalue weighted by molar-refractivity contribution is 0.0941. The first kappa shape index (κ1) is 18.8. The maximum atomic E-state index is 13.2. The van der Waals surface area contributed by atoms with E-state index in [9.17, 15) is 9.18 Å². The summed E-state index contributed by atoms with van der Waals surface area (Å²) in [6.45, 7) is 4.03. The molecular weight excluding hydrogens is 371 g/mol. The topological polar surface area (TPSA) is 32.3 Å². The SMILES string of the molecule is C[C@@H](c1ccccc1)N1CC[C@H](NC(=O)c2sccc2-c2ccc(F)cc2)C1. The van der Waals surface area contributed by atoms with Crippen LogP contribution in [0.4, 0.5) is 4.39 Å². The van der Waals surface area contributed by atoms with Crippen molar-refractivity contribution in [3.63, 3.8) is 0 Å². The molecule has 144 valence electrons. The number of hydrogen-bond acceptors (Lipinski definition) is 3. The first-order valence-electron chi connectivity index (χ1n) is 9.55. The fraction of sp³-hybridized carbons (Fsp3) is 0.261. The van der Waals surface area contributed by atoms with Crippen LogP contribution < -0.4 is 5.32 Å². The molecule has 2 aromatic carbocycles. The molecule has 0 aliphatic carbocycles. The summed E-state index contributed by atoms with van der Waals surface area (Å²) in [5.41, 5.74) is 3.01. The lowest BCUT2D eigenvalue weighted by Gasteiger charge is -2.24. The molecule has 1 saturated heterocycles. The number of halogens is 1. The zero-order chi connectivity index (χ0) is 19.5. The van der Waals surface area contributed by atoms with E-state index in [-0.39, 0.29) is 17.8 Å². The Balaban J connectivity index is 1.41. The molecule has 1 fully saturated rings. The third kappa shape index (κ3) is 4.01. The van der Waals surface area contributed by atoms with Crippen molar-refractivity contribution in [1.82, 2.24) is 10.2 Å². The first-order valence-corrected chi connectivity index (χ1v) is 10.4. The summed E-state index contributed by atoms with van der Waals surface area (Å²) in [5.74, 6) is -0.322. The van der Waals surface area contributed by atoms with Crippen LogP contribution in [-0.4, -0.2) is 29.9 Å². The van der Waals surface area contributed by atoms with E-state index in [1.165, 1.54) is 29.0 Å². The lowest BCUT2D eigenvalue weighted by atomic mass is 10.1. The fourth-order valence-electron chi connectivity index (χ4n) is 3.79. The van der Waals surface area contributed by atoms with Crippen molar-refractivity contribution < 1.29 is 9.18 Å². The van der Waals surface area contributed by atoms with Gasteiger partial charge in [0.25, 0.3) is 5.91 Å². The minimum atomic E-state index is -0.274. The molecule has 1 aromatic heterocycles. The van der Waals surface area contributed by atoms with Crippen molar-refractivity contribution in [2.75, 3.05) is 13.1 Å². The Morgan fingerprint density at radius 1 is 1.14 bits per heavy atom. The van der Waals surface area contributed by atoms with Crippen molar-refractivity contribution in [1.29, 1.82) is 0 Å². The van der Waals surface area contributed by atoms with Gasteiger partial charge in [-0.3, -0.25) is 9.69 Å². The van der Waals surface area contributed by atoms with E-state index in [2.05, 4.69) is 41.4 Å². The van der Waals surface area contributed by atoms with E-state index in [0.29, 0.717) is 10.9 Å². The first-order chi connectivity index (χ1) is 13.6. The van der Waals surface area contributed by atoms with Gasteiger partial charge >= 0.3 is 0 Å². The Hall–Kier alpha value is -2.50. The van der Waals surface area contributed by atoms with Gasteiger partial charge < -0.3 is 5.32 Å². The molecule has 28 heavy (non-hydrogen) atoms.